The van der Waals surface area contributed by atoms with E-state index in [4.69, 9.17) is 12.2 Å². The number of benzene rings is 2. The number of anilines is 3. The van der Waals surface area contributed by atoms with Gasteiger partial charge in [-0.2, -0.15) is 0 Å². The van der Waals surface area contributed by atoms with Gasteiger partial charge in [-0.15, -0.1) is 5.10 Å². The predicted octanol–water partition coefficient (Wildman–Crippen LogP) is 4.56. The maximum absolute atomic E-state index is 12.5. The van der Waals surface area contributed by atoms with Crippen LogP contribution in [0.15, 0.2) is 42.5 Å². The van der Waals surface area contributed by atoms with Crippen LogP contribution < -0.4 is 10.6 Å². The van der Waals surface area contributed by atoms with Crippen molar-refractivity contribution in [1.82, 2.24) is 19.6 Å². The average Bonchev–Trinajstić information content (AvgIpc) is 3.13. The molecule has 1 amide bonds. The van der Waals surface area contributed by atoms with E-state index in [-0.39, 0.29) is 5.91 Å². The van der Waals surface area contributed by atoms with Gasteiger partial charge in [0.1, 0.15) is 0 Å². The van der Waals surface area contributed by atoms with Gasteiger partial charge in [-0.05, 0) is 62.3 Å². The van der Waals surface area contributed by atoms with Gasteiger partial charge in [-0.3, -0.25) is 14.6 Å². The molecule has 0 aliphatic carbocycles. The molecule has 1 aromatic heterocycles. The Morgan fingerprint density at radius 1 is 1.03 bits per heavy atom. The number of carbonyl (C=O) groups excluding carboxylic acids is 1. The quantitative estimate of drug-likeness (QED) is 0.482. The van der Waals surface area contributed by atoms with Crippen LogP contribution in [-0.2, 0) is 11.5 Å². The smallest absolute Gasteiger partial charge is 0.238 e. The summed E-state index contributed by atoms with van der Waals surface area (Å²) in [6.07, 6.45) is 0. The first-order valence-corrected chi connectivity index (χ1v) is 12.3. The zero-order valence-electron chi connectivity index (χ0n) is 19.3. The number of nitrogens with one attached hydrogen (secondary N) is 2. The molecule has 1 fully saturated rings. The monoisotopic (exact) mass is 482 g/mol. The van der Waals surface area contributed by atoms with Gasteiger partial charge in [0.2, 0.25) is 11.0 Å². The Balaban J connectivity index is 1.26. The van der Waals surface area contributed by atoms with Crippen molar-refractivity contribution in [2.45, 2.75) is 27.4 Å². The molecular formula is C24H30N6OS2. The highest BCUT2D eigenvalue weighted by molar-refractivity contribution is 7.73. The molecule has 1 saturated heterocycles. The molecular weight excluding hydrogens is 452 g/mol. The molecule has 1 aliphatic rings. The zero-order chi connectivity index (χ0) is 23.4. The van der Waals surface area contributed by atoms with Gasteiger partial charge in [-0.25, -0.2) is 4.68 Å². The lowest BCUT2D eigenvalue weighted by Crippen LogP contribution is -2.49. The summed E-state index contributed by atoms with van der Waals surface area (Å²) < 4.78 is 2.62. The topological polar surface area (TPSA) is 65.4 Å². The Bertz CT molecular complexity index is 1160. The van der Waals surface area contributed by atoms with Crippen molar-refractivity contribution in [3.05, 3.63) is 63.1 Å². The van der Waals surface area contributed by atoms with Crippen LogP contribution in [0.5, 0.6) is 0 Å². The maximum atomic E-state index is 12.5. The summed E-state index contributed by atoms with van der Waals surface area (Å²) in [5, 5.41) is 11.8. The largest absolute Gasteiger partial charge is 0.330 e. The molecule has 0 spiro atoms. The van der Waals surface area contributed by atoms with Gasteiger partial charge in [0.25, 0.3) is 0 Å². The summed E-state index contributed by atoms with van der Waals surface area (Å²) >= 11 is 7.01. The summed E-state index contributed by atoms with van der Waals surface area (Å²) in [4.78, 5) is 17.1. The lowest BCUT2D eigenvalue weighted by atomic mass is 10.1. The summed E-state index contributed by atoms with van der Waals surface area (Å²) in [5.41, 5.74) is 5.42. The minimum Gasteiger partial charge on any atom is -0.330 e. The van der Waals surface area contributed by atoms with E-state index in [9.17, 15) is 4.79 Å². The van der Waals surface area contributed by atoms with E-state index in [1.807, 2.05) is 35.9 Å². The maximum Gasteiger partial charge on any atom is 0.238 e. The number of rotatable bonds is 7. The molecule has 0 unspecified atom stereocenters. The molecule has 0 saturated carbocycles. The molecule has 174 valence electrons. The molecule has 0 bridgehead atoms. The van der Waals surface area contributed by atoms with Gasteiger partial charge >= 0.3 is 0 Å². The minimum absolute atomic E-state index is 0.0330. The van der Waals surface area contributed by atoms with Gasteiger partial charge < -0.3 is 10.6 Å². The number of hydrogen-bond acceptors (Lipinski definition) is 7. The average molecular weight is 483 g/mol. The lowest BCUT2D eigenvalue weighted by molar-refractivity contribution is -0.117. The number of amides is 1. The van der Waals surface area contributed by atoms with Crippen LogP contribution in [0.1, 0.15) is 16.7 Å². The van der Waals surface area contributed by atoms with E-state index in [0.29, 0.717) is 13.2 Å². The van der Waals surface area contributed by atoms with E-state index < -0.39 is 0 Å². The number of aryl methyl sites for hydroxylation is 2. The van der Waals surface area contributed by atoms with Crippen LogP contribution in [0.2, 0.25) is 0 Å². The first kappa shape index (κ1) is 23.6. The molecule has 4 rings (SSSR count). The fraction of sp³-hybridized carbons (Fsp3) is 0.375. The highest BCUT2D eigenvalue weighted by atomic mass is 32.1. The second-order valence-corrected chi connectivity index (χ2v) is 10.1. The molecule has 3 aromatic rings. The Morgan fingerprint density at radius 3 is 2.45 bits per heavy atom. The first-order chi connectivity index (χ1) is 15.9. The van der Waals surface area contributed by atoms with E-state index in [1.54, 1.807) is 0 Å². The van der Waals surface area contributed by atoms with E-state index in [0.717, 1.165) is 52.2 Å². The molecule has 2 heterocycles. The number of piperazine rings is 1. The van der Waals surface area contributed by atoms with Gasteiger partial charge in [0, 0.05) is 37.6 Å². The van der Waals surface area contributed by atoms with Crippen molar-refractivity contribution in [3.63, 3.8) is 0 Å². The summed E-state index contributed by atoms with van der Waals surface area (Å²) in [7, 11) is 0. The van der Waals surface area contributed by atoms with Crippen molar-refractivity contribution in [2.75, 3.05) is 43.4 Å². The molecule has 1 aliphatic heterocycles. The summed E-state index contributed by atoms with van der Waals surface area (Å²) in [5.74, 6) is 0.0330. The number of carbonyl (C=O) groups is 1. The lowest BCUT2D eigenvalue weighted by Gasteiger charge is -2.34. The van der Waals surface area contributed by atoms with Crippen molar-refractivity contribution in [1.29, 1.82) is 0 Å². The molecule has 33 heavy (non-hydrogen) atoms. The minimum atomic E-state index is 0.0330. The van der Waals surface area contributed by atoms with Crippen LogP contribution in [0, 0.1) is 24.7 Å². The second-order valence-electron chi connectivity index (χ2n) is 8.49. The van der Waals surface area contributed by atoms with Crippen LogP contribution in [0.4, 0.5) is 16.5 Å². The third-order valence-electron chi connectivity index (χ3n) is 5.95. The van der Waals surface area contributed by atoms with E-state index >= 15 is 0 Å². The molecule has 0 atom stereocenters. The van der Waals surface area contributed by atoms with Crippen LogP contribution in [0.25, 0.3) is 0 Å². The van der Waals surface area contributed by atoms with Gasteiger partial charge in [0.05, 0.1) is 13.2 Å². The molecule has 9 heteroatoms. The Kier molecular flexibility index (Phi) is 7.54. The van der Waals surface area contributed by atoms with E-state index in [1.165, 1.54) is 22.5 Å². The fourth-order valence-electron chi connectivity index (χ4n) is 3.76. The van der Waals surface area contributed by atoms with Crippen LogP contribution in [0.3, 0.4) is 0 Å². The van der Waals surface area contributed by atoms with Crippen LogP contribution in [-0.4, -0.2) is 58.2 Å². The van der Waals surface area contributed by atoms with Gasteiger partial charge in [-0.1, -0.05) is 41.2 Å². The Morgan fingerprint density at radius 2 is 1.73 bits per heavy atom. The van der Waals surface area contributed by atoms with Gasteiger partial charge in [0.15, 0.2) is 3.95 Å². The first-order valence-electron chi connectivity index (χ1n) is 11.1. The Hall–Kier alpha value is -2.59. The zero-order valence-corrected chi connectivity index (χ0v) is 20.9. The highest BCUT2D eigenvalue weighted by Crippen LogP contribution is 2.21. The standard InChI is InChI=1S/C24H30N6OS2/c1-17-7-9-20(10-8-17)25-23-27-30(24(32)33-23)16-29-13-11-28(12-14-29)15-22(31)26-21-6-4-5-18(2)19(21)3/h4-10H,11-16H2,1-3H3,(H,25,27)(H,26,31). The predicted molar refractivity (Wildman–Crippen MR) is 138 cm³/mol. The third-order valence-corrected chi connectivity index (χ3v) is 7.18. The second kappa shape index (κ2) is 10.6. The normalized spacial score (nSPS) is 14.9. The van der Waals surface area contributed by atoms with E-state index in [2.05, 4.69) is 57.6 Å². The van der Waals surface area contributed by atoms with Crippen molar-refractivity contribution in [2.24, 2.45) is 0 Å². The number of aromatic nitrogens is 2. The van der Waals surface area contributed by atoms with Crippen molar-refractivity contribution < 1.29 is 4.79 Å². The SMILES string of the molecule is Cc1ccc(Nc2nn(CN3CCN(CC(=O)Nc4cccc(C)c4C)CC3)c(=S)s2)cc1. The summed E-state index contributed by atoms with van der Waals surface area (Å²) in [6.45, 7) is 10.6. The molecule has 7 nitrogen and oxygen atoms in total. The molecule has 2 N–H and O–H groups in total. The molecule has 2 aromatic carbocycles. The highest BCUT2D eigenvalue weighted by Gasteiger charge is 2.20. The Labute approximate surface area is 204 Å². The van der Waals surface area contributed by atoms with Crippen molar-refractivity contribution >= 4 is 46.0 Å². The van der Waals surface area contributed by atoms with Crippen molar-refractivity contribution in [3.8, 4) is 0 Å². The van der Waals surface area contributed by atoms with Crippen LogP contribution >= 0.6 is 23.6 Å². The number of nitrogens with zero attached hydrogens (tertiary/aromatic N) is 4. The summed E-state index contributed by atoms with van der Waals surface area (Å²) in [6, 6.07) is 14.2. The fourth-order valence-corrected chi connectivity index (χ4v) is 4.78. The molecule has 0 radical (unpaired) electrons. The number of hydrogen-bond donors (Lipinski definition) is 2. The third kappa shape index (κ3) is 6.26.